The molecule has 1 heterocycles. The van der Waals surface area contributed by atoms with Crippen molar-refractivity contribution in [3.8, 4) is 0 Å². The first-order chi connectivity index (χ1) is 3.29. The molecule has 0 amide bonds. The highest BCUT2D eigenvalue weighted by atomic mass is 125. The van der Waals surface area contributed by atoms with Crippen LogP contribution in [0, 0.1) is 3.57 Å². The van der Waals surface area contributed by atoms with E-state index in [0.717, 1.165) is 0 Å². The molecule has 0 unspecified atom stereocenters. The molecule has 0 N–H and O–H groups in total. The minimum Gasteiger partial charge on any atom is -0.275 e. The molecular weight excluding hydrogens is 201 g/mol. The topological polar surface area (TPSA) is 17.8 Å². The van der Waals surface area contributed by atoms with E-state index in [2.05, 4.69) is 27.7 Å². The Morgan fingerprint density at radius 3 is 2.71 bits per heavy atom. The van der Waals surface area contributed by atoms with Gasteiger partial charge in [-0.2, -0.15) is 5.10 Å². The lowest BCUT2D eigenvalue weighted by molar-refractivity contribution is 0.767. The molecular formula is C4H5IN2. The van der Waals surface area contributed by atoms with E-state index >= 15 is 0 Å². The Labute approximate surface area is 55.7 Å². The second kappa shape index (κ2) is 1.81. The Morgan fingerprint density at radius 1 is 1.86 bits per heavy atom. The van der Waals surface area contributed by atoms with Crippen LogP contribution in [0.1, 0.15) is 0 Å². The van der Waals surface area contributed by atoms with Gasteiger partial charge >= 0.3 is 0 Å². The van der Waals surface area contributed by atoms with E-state index in [-0.39, 0.29) is 0 Å². The van der Waals surface area contributed by atoms with Gasteiger partial charge in [0.25, 0.3) is 0 Å². The Kier molecular flexibility index (Phi) is 1.32. The summed E-state index contributed by atoms with van der Waals surface area (Å²) in [7, 11) is 1.90. The van der Waals surface area contributed by atoms with E-state index in [0.29, 0.717) is 0 Å². The van der Waals surface area contributed by atoms with Gasteiger partial charge in [-0.25, -0.2) is 0 Å². The van der Waals surface area contributed by atoms with Gasteiger partial charge < -0.3 is 0 Å². The summed E-state index contributed by atoms with van der Waals surface area (Å²) in [4.78, 5) is 0. The number of halogens is 1. The van der Waals surface area contributed by atoms with Gasteiger partial charge in [0, 0.05) is 13.2 Å². The van der Waals surface area contributed by atoms with E-state index in [1.165, 1.54) is 3.57 Å². The first kappa shape index (κ1) is 5.08. The van der Waals surface area contributed by atoms with Crippen molar-refractivity contribution in [2.24, 2.45) is 7.05 Å². The monoisotopic (exact) mass is 206 g/mol. The molecule has 3 heteroatoms. The fourth-order valence-electron chi connectivity index (χ4n) is 0.391. The standard InChI is InChI=1S/C4H5IN2/c1-7-3-4(5)2-6-7/h2-3H,1H3/i5-2. The first-order valence-electron chi connectivity index (χ1n) is 1.93. The zero-order valence-electron chi connectivity index (χ0n) is 3.93. The minimum atomic E-state index is 1.18. The zero-order chi connectivity index (χ0) is 5.28. The second-order valence-corrected chi connectivity index (χ2v) is 2.58. The van der Waals surface area contributed by atoms with Crippen molar-refractivity contribution >= 4 is 22.6 Å². The lowest BCUT2D eigenvalue weighted by atomic mass is 10.8. The van der Waals surface area contributed by atoms with Gasteiger partial charge in [-0.1, -0.05) is 0 Å². The van der Waals surface area contributed by atoms with Gasteiger partial charge in [-0.05, 0) is 22.6 Å². The van der Waals surface area contributed by atoms with Crippen molar-refractivity contribution in [2.45, 2.75) is 0 Å². The van der Waals surface area contributed by atoms with Crippen LogP contribution >= 0.6 is 22.6 Å². The lowest BCUT2D eigenvalue weighted by Gasteiger charge is -1.78. The largest absolute Gasteiger partial charge is 0.275 e. The highest BCUT2D eigenvalue weighted by molar-refractivity contribution is 14.1. The minimum absolute atomic E-state index is 1.18. The molecule has 1 aromatic rings. The van der Waals surface area contributed by atoms with Gasteiger partial charge in [0.05, 0.1) is 9.77 Å². The van der Waals surface area contributed by atoms with Gasteiger partial charge in [-0.3, -0.25) is 4.68 Å². The number of aromatic nitrogens is 2. The number of nitrogens with zero attached hydrogens (tertiary/aromatic N) is 2. The number of hydrogen-bond acceptors (Lipinski definition) is 1. The van der Waals surface area contributed by atoms with Crippen molar-refractivity contribution < 1.29 is 0 Å². The van der Waals surface area contributed by atoms with Crippen molar-refractivity contribution in [1.82, 2.24) is 9.78 Å². The molecule has 1 aromatic heterocycles. The lowest BCUT2D eigenvalue weighted by Crippen LogP contribution is -1.83. The molecule has 38 valence electrons. The van der Waals surface area contributed by atoms with E-state index < -0.39 is 0 Å². The third kappa shape index (κ3) is 1.15. The maximum Gasteiger partial charge on any atom is 0.0623 e. The summed E-state index contributed by atoms with van der Waals surface area (Å²) >= 11 is 2.22. The summed E-state index contributed by atoms with van der Waals surface area (Å²) < 4.78 is 2.96. The van der Waals surface area contributed by atoms with Crippen molar-refractivity contribution in [2.75, 3.05) is 0 Å². The smallest absolute Gasteiger partial charge is 0.0623 e. The summed E-state index contributed by atoms with van der Waals surface area (Å²) in [5.74, 6) is 0. The molecule has 2 nitrogen and oxygen atoms in total. The van der Waals surface area contributed by atoms with Gasteiger partial charge in [0.1, 0.15) is 0 Å². The molecule has 0 saturated carbocycles. The molecule has 0 atom stereocenters. The second-order valence-electron chi connectivity index (χ2n) is 1.33. The zero-order valence-corrected chi connectivity index (χ0v) is 6.08. The summed E-state index contributed by atoms with van der Waals surface area (Å²) in [5.41, 5.74) is 0. The van der Waals surface area contributed by atoms with Crippen molar-refractivity contribution in [1.29, 1.82) is 0 Å². The Morgan fingerprint density at radius 2 is 2.57 bits per heavy atom. The van der Waals surface area contributed by atoms with E-state index in [9.17, 15) is 0 Å². The fourth-order valence-corrected chi connectivity index (χ4v) is 0.919. The average molecular weight is 206 g/mol. The van der Waals surface area contributed by atoms with E-state index in [4.69, 9.17) is 0 Å². The normalized spacial score (nSPS) is 9.43. The molecule has 0 spiro atoms. The SMILES string of the molecule is Cn1cc([125I])cn1. The number of aryl methyl sites for hydroxylation is 1. The van der Waals surface area contributed by atoms with Crippen LogP contribution in [0.3, 0.4) is 0 Å². The Hall–Kier alpha value is -0.0600. The van der Waals surface area contributed by atoms with Gasteiger partial charge in [0.15, 0.2) is 0 Å². The van der Waals surface area contributed by atoms with Crippen molar-refractivity contribution in [3.05, 3.63) is 16.0 Å². The van der Waals surface area contributed by atoms with Crippen LogP contribution in [0.2, 0.25) is 0 Å². The van der Waals surface area contributed by atoms with Crippen molar-refractivity contribution in [3.63, 3.8) is 0 Å². The van der Waals surface area contributed by atoms with Crippen LogP contribution in [0.4, 0.5) is 0 Å². The maximum atomic E-state index is 3.93. The molecule has 7 heavy (non-hydrogen) atoms. The van der Waals surface area contributed by atoms with Gasteiger partial charge in [0.2, 0.25) is 0 Å². The maximum absolute atomic E-state index is 3.93. The van der Waals surface area contributed by atoms with Crippen LogP contribution < -0.4 is 0 Å². The molecule has 0 aliphatic heterocycles. The third-order valence-electron chi connectivity index (χ3n) is 0.673. The average Bonchev–Trinajstić information content (AvgIpc) is 1.87. The fraction of sp³-hybridized carbons (Fsp3) is 0.250. The summed E-state index contributed by atoms with van der Waals surface area (Å²) in [6, 6.07) is 0. The highest BCUT2D eigenvalue weighted by Crippen LogP contribution is 1.98. The molecule has 0 radical (unpaired) electrons. The third-order valence-corrected chi connectivity index (χ3v) is 1.23. The van der Waals surface area contributed by atoms with Crippen LogP contribution in [0.25, 0.3) is 0 Å². The first-order valence-corrected chi connectivity index (χ1v) is 3.01. The summed E-state index contributed by atoms with van der Waals surface area (Å²) in [6.07, 6.45) is 3.78. The van der Waals surface area contributed by atoms with Crippen LogP contribution in [0.15, 0.2) is 12.4 Å². The molecule has 0 saturated heterocycles. The molecule has 1 rings (SSSR count). The van der Waals surface area contributed by atoms with Gasteiger partial charge in [-0.15, -0.1) is 0 Å². The molecule has 0 aliphatic rings. The highest BCUT2D eigenvalue weighted by Gasteiger charge is 1.83. The quantitative estimate of drug-likeness (QED) is 0.579. The predicted molar refractivity (Wildman–Crippen MR) is 35.9 cm³/mol. The molecule has 0 fully saturated rings. The molecule has 0 bridgehead atoms. The predicted octanol–water partition coefficient (Wildman–Crippen LogP) is 1.02. The number of hydrogen-bond donors (Lipinski definition) is 0. The molecule has 0 aliphatic carbocycles. The van der Waals surface area contributed by atoms with E-state index in [1.54, 1.807) is 4.68 Å². The van der Waals surface area contributed by atoms with E-state index in [1.807, 2.05) is 19.4 Å². The Bertz CT molecular complexity index is 142. The van der Waals surface area contributed by atoms with Crippen LogP contribution in [-0.2, 0) is 7.05 Å². The summed E-state index contributed by atoms with van der Waals surface area (Å²) in [6.45, 7) is 0. The summed E-state index contributed by atoms with van der Waals surface area (Å²) in [5, 5.41) is 3.93. The molecule has 0 aromatic carbocycles. The van der Waals surface area contributed by atoms with Crippen LogP contribution in [0.5, 0.6) is 0 Å². The van der Waals surface area contributed by atoms with Crippen LogP contribution in [-0.4, -0.2) is 9.78 Å². The Balaban J connectivity index is 3.04. The number of rotatable bonds is 0.